The van der Waals surface area contributed by atoms with Gasteiger partial charge in [0.2, 0.25) is 5.88 Å². The van der Waals surface area contributed by atoms with Crippen molar-refractivity contribution in [2.24, 2.45) is 0 Å². The van der Waals surface area contributed by atoms with E-state index in [4.69, 9.17) is 5.11 Å². The molecule has 1 rings (SSSR count). The van der Waals surface area contributed by atoms with Crippen molar-refractivity contribution in [3.8, 4) is 5.88 Å². The second-order valence-corrected chi connectivity index (χ2v) is 2.76. The number of nitro groups is 1. The van der Waals surface area contributed by atoms with Crippen LogP contribution in [0.15, 0.2) is 6.07 Å². The van der Waals surface area contributed by atoms with Gasteiger partial charge in [-0.2, -0.15) is 0 Å². The average Bonchev–Trinajstić information content (AvgIpc) is 2.26. The Labute approximate surface area is 88.6 Å². The molecular formula is C8H8F2N2O4. The highest BCUT2D eigenvalue weighted by atomic mass is 19.3. The first-order valence-electron chi connectivity index (χ1n) is 4.12. The minimum atomic E-state index is -3.08. The first-order chi connectivity index (χ1) is 7.51. The lowest BCUT2D eigenvalue weighted by atomic mass is 10.1. The van der Waals surface area contributed by atoms with Crippen LogP contribution < -0.4 is 4.74 Å². The first kappa shape index (κ1) is 12.2. The molecule has 0 spiro atoms. The fraction of sp³-hybridized carbons (Fsp3) is 0.375. The minimum Gasteiger partial charge on any atom is -0.481 e. The van der Waals surface area contributed by atoms with Gasteiger partial charge in [-0.15, -0.1) is 0 Å². The molecule has 1 aromatic rings. The molecule has 0 unspecified atom stereocenters. The maximum atomic E-state index is 12.6. The van der Waals surface area contributed by atoms with Crippen molar-refractivity contribution in [1.29, 1.82) is 0 Å². The van der Waals surface area contributed by atoms with Crippen molar-refractivity contribution in [3.63, 3.8) is 0 Å². The van der Waals surface area contributed by atoms with E-state index in [0.29, 0.717) is 0 Å². The summed E-state index contributed by atoms with van der Waals surface area (Å²) >= 11 is 0. The summed E-state index contributed by atoms with van der Waals surface area (Å²) in [5.41, 5.74) is -2.15. The summed E-state index contributed by atoms with van der Waals surface area (Å²) in [5.74, 6) is -0.194. The zero-order valence-corrected chi connectivity index (χ0v) is 8.18. The lowest BCUT2D eigenvalue weighted by molar-refractivity contribution is -0.386. The van der Waals surface area contributed by atoms with E-state index in [9.17, 15) is 18.9 Å². The SMILES string of the molecule is COc1cc([N+](=O)[O-])c(C(F)F)c(CO)n1. The lowest BCUT2D eigenvalue weighted by Crippen LogP contribution is -2.05. The second-order valence-electron chi connectivity index (χ2n) is 2.76. The molecule has 6 nitrogen and oxygen atoms in total. The van der Waals surface area contributed by atoms with Gasteiger partial charge in [-0.05, 0) is 0 Å². The molecule has 0 radical (unpaired) electrons. The van der Waals surface area contributed by atoms with Crippen LogP contribution in [0.3, 0.4) is 0 Å². The van der Waals surface area contributed by atoms with Gasteiger partial charge in [0, 0.05) is 0 Å². The largest absolute Gasteiger partial charge is 0.481 e. The van der Waals surface area contributed by atoms with Crippen LogP contribution in [0, 0.1) is 10.1 Å². The number of hydrogen-bond acceptors (Lipinski definition) is 5. The quantitative estimate of drug-likeness (QED) is 0.629. The maximum absolute atomic E-state index is 12.6. The van der Waals surface area contributed by atoms with Crippen LogP contribution in [0.4, 0.5) is 14.5 Å². The molecular weight excluding hydrogens is 226 g/mol. The Kier molecular flexibility index (Phi) is 3.67. The Morgan fingerprint density at radius 1 is 1.69 bits per heavy atom. The minimum absolute atomic E-state index is 0.194. The van der Waals surface area contributed by atoms with Crippen LogP contribution in [-0.4, -0.2) is 22.1 Å². The smallest absolute Gasteiger partial charge is 0.285 e. The van der Waals surface area contributed by atoms with E-state index >= 15 is 0 Å². The van der Waals surface area contributed by atoms with Crippen LogP contribution in [-0.2, 0) is 6.61 Å². The number of ether oxygens (including phenoxy) is 1. The molecule has 0 atom stereocenters. The number of rotatable bonds is 4. The number of halogens is 2. The lowest BCUT2D eigenvalue weighted by Gasteiger charge is -2.08. The van der Waals surface area contributed by atoms with E-state index in [2.05, 4.69) is 9.72 Å². The number of aliphatic hydroxyl groups excluding tert-OH is 1. The third-order valence-electron chi connectivity index (χ3n) is 1.87. The van der Waals surface area contributed by atoms with Crippen LogP contribution in [0.25, 0.3) is 0 Å². The van der Waals surface area contributed by atoms with E-state index < -0.39 is 34.9 Å². The predicted octanol–water partition coefficient (Wildman–Crippen LogP) is 1.43. The summed E-state index contributed by atoms with van der Waals surface area (Å²) in [7, 11) is 1.19. The molecule has 0 bridgehead atoms. The van der Waals surface area contributed by atoms with Gasteiger partial charge in [0.25, 0.3) is 12.1 Å². The normalized spacial score (nSPS) is 10.6. The average molecular weight is 234 g/mol. The highest BCUT2D eigenvalue weighted by Crippen LogP contribution is 2.33. The first-order valence-corrected chi connectivity index (χ1v) is 4.12. The highest BCUT2D eigenvalue weighted by Gasteiger charge is 2.27. The number of aromatic nitrogens is 1. The molecule has 1 heterocycles. The van der Waals surface area contributed by atoms with Crippen molar-refractivity contribution in [2.45, 2.75) is 13.0 Å². The molecule has 0 aliphatic heterocycles. The molecule has 1 aromatic heterocycles. The third-order valence-corrected chi connectivity index (χ3v) is 1.87. The molecule has 1 N–H and O–H groups in total. The molecule has 0 saturated heterocycles. The summed E-state index contributed by atoms with van der Waals surface area (Å²) < 4.78 is 29.8. The zero-order chi connectivity index (χ0) is 12.3. The molecule has 0 aliphatic carbocycles. The van der Waals surface area contributed by atoms with Crippen molar-refractivity contribution in [2.75, 3.05) is 7.11 Å². The number of hydrogen-bond donors (Lipinski definition) is 1. The van der Waals surface area contributed by atoms with Crippen LogP contribution in [0.1, 0.15) is 17.7 Å². The van der Waals surface area contributed by atoms with Crippen molar-refractivity contribution in [3.05, 3.63) is 27.4 Å². The zero-order valence-electron chi connectivity index (χ0n) is 8.18. The van der Waals surface area contributed by atoms with E-state index in [1.165, 1.54) is 7.11 Å². The molecule has 0 fully saturated rings. The number of methoxy groups -OCH3 is 1. The molecule has 0 aliphatic rings. The third kappa shape index (κ3) is 2.22. The fourth-order valence-electron chi connectivity index (χ4n) is 1.18. The highest BCUT2D eigenvalue weighted by molar-refractivity contribution is 5.46. The second kappa shape index (κ2) is 4.79. The standard InChI is InChI=1S/C8H8F2N2O4/c1-16-6-2-5(12(14)15)7(8(9)10)4(3-13)11-6/h2,8,13H,3H2,1H3. The number of nitrogens with zero attached hydrogens (tertiary/aromatic N) is 2. The van der Waals surface area contributed by atoms with Crippen molar-refractivity contribution in [1.82, 2.24) is 4.98 Å². The Bertz CT molecular complexity index is 411. The van der Waals surface area contributed by atoms with Gasteiger partial charge < -0.3 is 9.84 Å². The molecule has 0 amide bonds. The fourth-order valence-corrected chi connectivity index (χ4v) is 1.18. The van der Waals surface area contributed by atoms with E-state index in [1.807, 2.05) is 0 Å². The molecule has 16 heavy (non-hydrogen) atoms. The molecule has 0 saturated carbocycles. The number of alkyl halides is 2. The van der Waals surface area contributed by atoms with E-state index in [-0.39, 0.29) is 5.88 Å². The van der Waals surface area contributed by atoms with Gasteiger partial charge in [0.05, 0.1) is 30.4 Å². The van der Waals surface area contributed by atoms with Gasteiger partial charge in [-0.1, -0.05) is 0 Å². The topological polar surface area (TPSA) is 85.5 Å². The summed E-state index contributed by atoms with van der Waals surface area (Å²) in [6, 6.07) is 0.792. The van der Waals surface area contributed by atoms with Gasteiger partial charge in [0.1, 0.15) is 5.56 Å². The summed E-state index contributed by atoms with van der Waals surface area (Å²) in [5, 5.41) is 19.4. The number of aliphatic hydroxyl groups is 1. The van der Waals surface area contributed by atoms with E-state index in [0.717, 1.165) is 6.07 Å². The summed E-state index contributed by atoms with van der Waals surface area (Å²) in [4.78, 5) is 13.1. The Morgan fingerprint density at radius 2 is 2.31 bits per heavy atom. The Balaban J connectivity index is 3.47. The predicted molar refractivity (Wildman–Crippen MR) is 48.3 cm³/mol. The Morgan fingerprint density at radius 3 is 2.69 bits per heavy atom. The van der Waals surface area contributed by atoms with Crippen molar-refractivity contribution < 1.29 is 23.5 Å². The molecule has 8 heteroatoms. The van der Waals surface area contributed by atoms with Crippen LogP contribution >= 0.6 is 0 Å². The maximum Gasteiger partial charge on any atom is 0.285 e. The summed E-state index contributed by atoms with van der Waals surface area (Å²) in [6.07, 6.45) is -3.08. The van der Waals surface area contributed by atoms with Gasteiger partial charge in [-0.3, -0.25) is 10.1 Å². The summed E-state index contributed by atoms with van der Waals surface area (Å²) in [6.45, 7) is -0.822. The Hall–Kier alpha value is -1.83. The molecule has 0 aromatic carbocycles. The van der Waals surface area contributed by atoms with Crippen LogP contribution in [0.5, 0.6) is 5.88 Å². The van der Waals surface area contributed by atoms with Gasteiger partial charge in [-0.25, -0.2) is 13.8 Å². The van der Waals surface area contributed by atoms with Crippen molar-refractivity contribution >= 4 is 5.69 Å². The van der Waals surface area contributed by atoms with Gasteiger partial charge >= 0.3 is 0 Å². The van der Waals surface area contributed by atoms with Crippen LogP contribution in [0.2, 0.25) is 0 Å². The van der Waals surface area contributed by atoms with Gasteiger partial charge in [0.15, 0.2) is 0 Å². The number of pyridine rings is 1. The van der Waals surface area contributed by atoms with E-state index in [1.54, 1.807) is 0 Å². The molecule has 88 valence electrons. The monoisotopic (exact) mass is 234 g/mol.